The Kier molecular flexibility index (Phi) is 6.28. The number of nitrogens with one attached hydrogen (secondary N) is 1. The first-order chi connectivity index (χ1) is 9.25. The number of anilines is 1. The van der Waals surface area contributed by atoms with Gasteiger partial charge in [0.15, 0.2) is 0 Å². The number of halogens is 1. The Morgan fingerprint density at radius 1 is 1.50 bits per heavy atom. The fourth-order valence-electron chi connectivity index (χ4n) is 1.38. The predicted molar refractivity (Wildman–Crippen MR) is 82.4 cm³/mol. The Morgan fingerprint density at radius 2 is 2.15 bits per heavy atom. The second-order valence-corrected chi connectivity index (χ2v) is 7.02. The summed E-state index contributed by atoms with van der Waals surface area (Å²) in [5.74, 6) is 0.326. The number of rotatable bonds is 6. The maximum absolute atomic E-state index is 11.8. The van der Waals surface area contributed by atoms with Crippen molar-refractivity contribution >= 4 is 45.0 Å². The largest absolute Gasteiger partial charge is 0.323 e. The Hall–Kier alpha value is -0.800. The van der Waals surface area contributed by atoms with Crippen molar-refractivity contribution in [1.29, 1.82) is 0 Å². The Labute approximate surface area is 127 Å². The topological polar surface area (TPSA) is 115 Å². The number of amides is 1. The first kappa shape index (κ1) is 17.3. The summed E-state index contributed by atoms with van der Waals surface area (Å²) >= 11 is 7.48. The zero-order chi connectivity index (χ0) is 15.3. The Balaban J connectivity index is 2.89. The van der Waals surface area contributed by atoms with Crippen LogP contribution in [0.4, 0.5) is 5.69 Å². The van der Waals surface area contributed by atoms with Crippen LogP contribution in [0.15, 0.2) is 23.1 Å². The fraction of sp³-hybridized carbons (Fsp3) is 0.364. The Bertz CT molecular complexity index is 593. The zero-order valence-corrected chi connectivity index (χ0v) is 13.2. The molecule has 5 N–H and O–H groups in total. The molecule has 6 nitrogen and oxygen atoms in total. The van der Waals surface area contributed by atoms with E-state index < -0.39 is 22.0 Å². The van der Waals surface area contributed by atoms with E-state index in [1.54, 1.807) is 11.8 Å². The molecule has 0 bridgehead atoms. The summed E-state index contributed by atoms with van der Waals surface area (Å²) in [5, 5.41) is 7.74. The van der Waals surface area contributed by atoms with Crippen molar-refractivity contribution in [2.45, 2.75) is 17.4 Å². The van der Waals surface area contributed by atoms with Gasteiger partial charge in [-0.1, -0.05) is 11.6 Å². The van der Waals surface area contributed by atoms with Crippen molar-refractivity contribution in [3.8, 4) is 0 Å². The highest BCUT2D eigenvalue weighted by Gasteiger charge is 2.16. The minimum atomic E-state index is -3.86. The molecule has 0 saturated heterocycles. The lowest BCUT2D eigenvalue weighted by Crippen LogP contribution is -2.36. The second-order valence-electron chi connectivity index (χ2n) is 4.06. The number of sulfonamides is 1. The normalized spacial score (nSPS) is 13.0. The van der Waals surface area contributed by atoms with Gasteiger partial charge in [-0.05, 0) is 36.6 Å². The monoisotopic (exact) mass is 337 g/mol. The minimum absolute atomic E-state index is 0.130. The fourth-order valence-corrected chi connectivity index (χ4v) is 2.57. The van der Waals surface area contributed by atoms with Crippen LogP contribution in [0.3, 0.4) is 0 Å². The summed E-state index contributed by atoms with van der Waals surface area (Å²) in [6.07, 6.45) is 2.43. The van der Waals surface area contributed by atoms with Crippen LogP contribution >= 0.6 is 23.4 Å². The molecule has 0 aromatic heterocycles. The van der Waals surface area contributed by atoms with Crippen molar-refractivity contribution in [1.82, 2.24) is 0 Å². The van der Waals surface area contributed by atoms with E-state index in [1.165, 1.54) is 18.2 Å². The number of carbonyl (C=O) groups excluding carboxylic acids is 1. The van der Waals surface area contributed by atoms with E-state index in [4.69, 9.17) is 22.5 Å². The number of benzene rings is 1. The molecule has 1 aromatic carbocycles. The molecule has 0 spiro atoms. The summed E-state index contributed by atoms with van der Waals surface area (Å²) in [7, 11) is -3.86. The van der Waals surface area contributed by atoms with Crippen LogP contribution in [0, 0.1) is 0 Å². The van der Waals surface area contributed by atoms with Crippen LogP contribution in [0.2, 0.25) is 5.02 Å². The van der Waals surface area contributed by atoms with Gasteiger partial charge in [-0.25, -0.2) is 13.6 Å². The second kappa shape index (κ2) is 7.28. The number of nitrogens with two attached hydrogens (primary N) is 2. The van der Waals surface area contributed by atoms with Crippen molar-refractivity contribution in [3.63, 3.8) is 0 Å². The quantitative estimate of drug-likeness (QED) is 0.716. The average Bonchev–Trinajstić information content (AvgIpc) is 2.37. The molecule has 9 heteroatoms. The summed E-state index contributed by atoms with van der Waals surface area (Å²) in [5.41, 5.74) is 5.88. The lowest BCUT2D eigenvalue weighted by atomic mass is 10.2. The number of hydrogen-bond acceptors (Lipinski definition) is 5. The summed E-state index contributed by atoms with van der Waals surface area (Å²) in [6, 6.07) is 3.14. The molecule has 20 heavy (non-hydrogen) atoms. The number of thioether (sulfide) groups is 1. The molecule has 1 atom stereocenters. The van der Waals surface area contributed by atoms with E-state index in [-0.39, 0.29) is 15.6 Å². The van der Waals surface area contributed by atoms with Crippen molar-refractivity contribution in [2.75, 3.05) is 17.3 Å². The van der Waals surface area contributed by atoms with Crippen LogP contribution in [-0.4, -0.2) is 32.4 Å². The SMILES string of the molecule is CSCC[C@@H](N)C(=O)Nc1cc(S(N)(=O)=O)ccc1Cl. The lowest BCUT2D eigenvalue weighted by Gasteiger charge is -2.13. The van der Waals surface area contributed by atoms with Crippen molar-refractivity contribution < 1.29 is 13.2 Å². The standard InChI is InChI=1S/C11H16ClN3O3S2/c1-19-5-4-9(13)11(16)15-10-6-7(20(14,17)18)2-3-8(10)12/h2-3,6,9H,4-5,13H2,1H3,(H,15,16)(H2,14,17,18)/t9-/m1/s1. The maximum Gasteiger partial charge on any atom is 0.241 e. The van der Waals surface area contributed by atoms with E-state index in [0.717, 1.165) is 5.75 Å². The van der Waals surface area contributed by atoms with E-state index in [2.05, 4.69) is 5.32 Å². The summed E-state index contributed by atoms with van der Waals surface area (Å²) < 4.78 is 22.5. The van der Waals surface area contributed by atoms with Crippen LogP contribution < -0.4 is 16.2 Å². The van der Waals surface area contributed by atoms with Crippen LogP contribution in [0.25, 0.3) is 0 Å². The van der Waals surface area contributed by atoms with Gasteiger partial charge in [-0.3, -0.25) is 4.79 Å². The van der Waals surface area contributed by atoms with Gasteiger partial charge >= 0.3 is 0 Å². The number of primary sulfonamides is 1. The van der Waals surface area contributed by atoms with Gasteiger partial charge in [0.05, 0.1) is 21.6 Å². The molecular formula is C11H16ClN3O3S2. The number of hydrogen-bond donors (Lipinski definition) is 3. The van der Waals surface area contributed by atoms with Crippen LogP contribution in [0.1, 0.15) is 6.42 Å². The highest BCUT2D eigenvalue weighted by molar-refractivity contribution is 7.98. The third kappa shape index (κ3) is 4.95. The molecule has 0 heterocycles. The number of carbonyl (C=O) groups is 1. The Morgan fingerprint density at radius 3 is 2.70 bits per heavy atom. The molecule has 0 aliphatic rings. The molecule has 1 rings (SSSR count). The van der Waals surface area contributed by atoms with Gasteiger partial charge in [-0.2, -0.15) is 11.8 Å². The van der Waals surface area contributed by atoms with E-state index >= 15 is 0 Å². The van der Waals surface area contributed by atoms with Gasteiger partial charge in [0.25, 0.3) is 0 Å². The average molecular weight is 338 g/mol. The van der Waals surface area contributed by atoms with Crippen molar-refractivity contribution in [3.05, 3.63) is 23.2 Å². The van der Waals surface area contributed by atoms with E-state index in [9.17, 15) is 13.2 Å². The summed E-state index contributed by atoms with van der Waals surface area (Å²) in [6.45, 7) is 0. The van der Waals surface area contributed by atoms with Crippen LogP contribution in [-0.2, 0) is 14.8 Å². The molecular weight excluding hydrogens is 322 g/mol. The highest BCUT2D eigenvalue weighted by Crippen LogP contribution is 2.25. The molecule has 0 radical (unpaired) electrons. The molecule has 0 aliphatic heterocycles. The lowest BCUT2D eigenvalue weighted by molar-refractivity contribution is -0.117. The summed E-state index contributed by atoms with van der Waals surface area (Å²) in [4.78, 5) is 11.7. The van der Waals surface area contributed by atoms with Gasteiger partial charge < -0.3 is 11.1 Å². The first-order valence-electron chi connectivity index (χ1n) is 5.63. The van der Waals surface area contributed by atoms with Gasteiger partial charge in [-0.15, -0.1) is 0 Å². The molecule has 0 saturated carbocycles. The molecule has 0 unspecified atom stereocenters. The molecule has 112 valence electrons. The zero-order valence-electron chi connectivity index (χ0n) is 10.8. The highest BCUT2D eigenvalue weighted by atomic mass is 35.5. The minimum Gasteiger partial charge on any atom is -0.323 e. The smallest absolute Gasteiger partial charge is 0.241 e. The van der Waals surface area contributed by atoms with Crippen molar-refractivity contribution in [2.24, 2.45) is 10.9 Å². The van der Waals surface area contributed by atoms with Crippen LogP contribution in [0.5, 0.6) is 0 Å². The van der Waals surface area contributed by atoms with E-state index in [0.29, 0.717) is 6.42 Å². The molecule has 1 aromatic rings. The first-order valence-corrected chi connectivity index (χ1v) is 8.95. The molecule has 1 amide bonds. The van der Waals surface area contributed by atoms with Gasteiger partial charge in [0, 0.05) is 0 Å². The predicted octanol–water partition coefficient (Wildman–Crippen LogP) is 1.01. The van der Waals surface area contributed by atoms with Gasteiger partial charge in [0.2, 0.25) is 15.9 Å². The van der Waals surface area contributed by atoms with Gasteiger partial charge in [0.1, 0.15) is 0 Å². The third-order valence-electron chi connectivity index (χ3n) is 2.49. The molecule has 0 fully saturated rings. The third-order valence-corrected chi connectivity index (χ3v) is 4.38. The molecule has 0 aliphatic carbocycles. The van der Waals surface area contributed by atoms with E-state index in [1.807, 2.05) is 6.26 Å². The maximum atomic E-state index is 11.8.